The molecule has 1 aromatic carbocycles. The zero-order valence-electron chi connectivity index (χ0n) is 15.5. The van der Waals surface area contributed by atoms with Crippen molar-refractivity contribution in [3.63, 3.8) is 0 Å². The molecule has 0 saturated carbocycles. The summed E-state index contributed by atoms with van der Waals surface area (Å²) in [5.74, 6) is 0.0878. The maximum Gasteiger partial charge on any atom is 0.234 e. The van der Waals surface area contributed by atoms with E-state index in [2.05, 4.69) is 26.6 Å². The van der Waals surface area contributed by atoms with Gasteiger partial charge in [0.15, 0.2) is 0 Å². The Labute approximate surface area is 164 Å². The summed E-state index contributed by atoms with van der Waals surface area (Å²) in [5.41, 5.74) is 2.13. The van der Waals surface area contributed by atoms with Crippen LogP contribution in [0.1, 0.15) is 31.7 Å². The predicted octanol–water partition coefficient (Wildman–Crippen LogP) is 3.16. The Morgan fingerprint density at radius 2 is 2.19 bits per heavy atom. The number of pyridine rings is 1. The highest BCUT2D eigenvalue weighted by molar-refractivity contribution is 6.31. The number of benzene rings is 1. The first-order chi connectivity index (χ1) is 13.1. The van der Waals surface area contributed by atoms with Crippen LogP contribution in [0.5, 0.6) is 0 Å². The van der Waals surface area contributed by atoms with Crippen LogP contribution in [-0.2, 0) is 4.79 Å². The minimum absolute atomic E-state index is 0.0878. The van der Waals surface area contributed by atoms with E-state index in [-0.39, 0.29) is 11.9 Å². The SMILES string of the molecule is CCCNC(=O)CN1CCC(Nc2c(C#N)cnc3ccc(Cl)cc23)CC1. The van der Waals surface area contributed by atoms with Crippen LogP contribution >= 0.6 is 11.6 Å². The highest BCUT2D eigenvalue weighted by Crippen LogP contribution is 2.30. The third-order valence-corrected chi connectivity index (χ3v) is 5.06. The molecule has 7 heteroatoms. The number of hydrogen-bond donors (Lipinski definition) is 2. The van der Waals surface area contributed by atoms with Gasteiger partial charge in [-0.1, -0.05) is 18.5 Å². The van der Waals surface area contributed by atoms with Gasteiger partial charge in [-0.05, 0) is 37.5 Å². The zero-order valence-corrected chi connectivity index (χ0v) is 16.2. The Morgan fingerprint density at radius 1 is 1.41 bits per heavy atom. The first-order valence-corrected chi connectivity index (χ1v) is 9.72. The molecule has 1 fully saturated rings. The number of piperidine rings is 1. The fourth-order valence-corrected chi connectivity index (χ4v) is 3.54. The lowest BCUT2D eigenvalue weighted by Crippen LogP contribution is -2.44. The third kappa shape index (κ3) is 4.88. The van der Waals surface area contributed by atoms with Crippen LogP contribution in [0.4, 0.5) is 5.69 Å². The summed E-state index contributed by atoms with van der Waals surface area (Å²) in [6, 6.07) is 7.98. The molecule has 0 radical (unpaired) electrons. The van der Waals surface area contributed by atoms with Crippen molar-refractivity contribution >= 4 is 34.1 Å². The van der Waals surface area contributed by atoms with Gasteiger partial charge in [0, 0.05) is 42.3 Å². The van der Waals surface area contributed by atoms with Gasteiger partial charge >= 0.3 is 0 Å². The minimum atomic E-state index is 0.0878. The van der Waals surface area contributed by atoms with Crippen molar-refractivity contribution < 1.29 is 4.79 Å². The fraction of sp³-hybridized carbons (Fsp3) is 0.450. The highest BCUT2D eigenvalue weighted by Gasteiger charge is 2.22. The van der Waals surface area contributed by atoms with E-state index in [1.54, 1.807) is 12.3 Å². The number of fused-ring (bicyclic) bond motifs is 1. The number of carbonyl (C=O) groups excluding carboxylic acids is 1. The number of nitrogens with one attached hydrogen (secondary N) is 2. The number of halogens is 1. The Bertz CT molecular complexity index is 855. The number of hydrogen-bond acceptors (Lipinski definition) is 5. The van der Waals surface area contributed by atoms with E-state index in [1.807, 2.05) is 19.1 Å². The van der Waals surface area contributed by atoms with E-state index in [0.29, 0.717) is 17.1 Å². The molecule has 1 aromatic heterocycles. The van der Waals surface area contributed by atoms with Crippen molar-refractivity contribution in [1.82, 2.24) is 15.2 Å². The van der Waals surface area contributed by atoms with Crippen LogP contribution in [0, 0.1) is 11.3 Å². The normalized spacial score (nSPS) is 15.4. The van der Waals surface area contributed by atoms with Crippen molar-refractivity contribution in [2.24, 2.45) is 0 Å². The predicted molar refractivity (Wildman–Crippen MR) is 108 cm³/mol. The molecule has 0 bridgehead atoms. The second-order valence-corrected chi connectivity index (χ2v) is 7.30. The molecule has 6 nitrogen and oxygen atoms in total. The van der Waals surface area contributed by atoms with E-state index >= 15 is 0 Å². The maximum atomic E-state index is 11.9. The molecular formula is C20H24ClN5O. The van der Waals surface area contributed by atoms with Gasteiger partial charge in [-0.3, -0.25) is 14.7 Å². The molecular weight excluding hydrogens is 362 g/mol. The number of carbonyl (C=O) groups is 1. The molecule has 27 heavy (non-hydrogen) atoms. The molecule has 2 heterocycles. The average Bonchev–Trinajstić information content (AvgIpc) is 2.68. The molecule has 1 aliphatic heterocycles. The monoisotopic (exact) mass is 385 g/mol. The van der Waals surface area contributed by atoms with Gasteiger partial charge in [-0.2, -0.15) is 5.26 Å². The Morgan fingerprint density at radius 3 is 2.89 bits per heavy atom. The molecule has 0 aliphatic carbocycles. The quantitative estimate of drug-likeness (QED) is 0.798. The first kappa shape index (κ1) is 19.4. The summed E-state index contributed by atoms with van der Waals surface area (Å²) >= 11 is 6.15. The minimum Gasteiger partial charge on any atom is -0.381 e. The Balaban J connectivity index is 1.66. The fourth-order valence-electron chi connectivity index (χ4n) is 3.37. The number of likely N-dealkylation sites (tertiary alicyclic amines) is 1. The van der Waals surface area contributed by atoms with Gasteiger partial charge in [0.1, 0.15) is 6.07 Å². The average molecular weight is 386 g/mol. The summed E-state index contributed by atoms with van der Waals surface area (Å²) in [7, 11) is 0. The van der Waals surface area contributed by atoms with Crippen LogP contribution in [0.2, 0.25) is 5.02 Å². The van der Waals surface area contributed by atoms with Crippen molar-refractivity contribution in [3.05, 3.63) is 35.0 Å². The highest BCUT2D eigenvalue weighted by atomic mass is 35.5. The summed E-state index contributed by atoms with van der Waals surface area (Å²) in [6.45, 7) is 4.92. The molecule has 2 aromatic rings. The van der Waals surface area contributed by atoms with E-state index in [9.17, 15) is 10.1 Å². The number of amides is 1. The lowest BCUT2D eigenvalue weighted by molar-refractivity contribution is -0.122. The molecule has 1 saturated heterocycles. The standard InChI is InChI=1S/C20H24ClN5O/c1-2-7-23-19(27)13-26-8-5-16(6-9-26)25-20-14(11-22)12-24-18-4-3-15(21)10-17(18)20/h3-4,10,12,16H,2,5-9,13H2,1H3,(H,23,27)(H,24,25). The van der Waals surface area contributed by atoms with E-state index in [0.717, 1.165) is 55.5 Å². The topological polar surface area (TPSA) is 81.0 Å². The number of rotatable bonds is 6. The van der Waals surface area contributed by atoms with E-state index < -0.39 is 0 Å². The molecule has 142 valence electrons. The van der Waals surface area contributed by atoms with Gasteiger partial charge < -0.3 is 10.6 Å². The largest absolute Gasteiger partial charge is 0.381 e. The number of nitrogens with zero attached hydrogens (tertiary/aromatic N) is 3. The molecule has 1 aliphatic rings. The molecule has 1 amide bonds. The second kappa shape index (κ2) is 9.03. The molecule has 0 atom stereocenters. The first-order valence-electron chi connectivity index (χ1n) is 9.34. The number of aromatic nitrogens is 1. The van der Waals surface area contributed by atoms with Crippen molar-refractivity contribution in [2.45, 2.75) is 32.2 Å². The third-order valence-electron chi connectivity index (χ3n) is 4.83. The molecule has 0 unspecified atom stereocenters. The number of nitriles is 1. The van der Waals surface area contributed by atoms with Gasteiger partial charge in [-0.25, -0.2) is 0 Å². The second-order valence-electron chi connectivity index (χ2n) is 6.86. The number of anilines is 1. The smallest absolute Gasteiger partial charge is 0.234 e. The van der Waals surface area contributed by atoms with Crippen molar-refractivity contribution in [1.29, 1.82) is 5.26 Å². The van der Waals surface area contributed by atoms with Crippen LogP contribution in [0.25, 0.3) is 10.9 Å². The lowest BCUT2D eigenvalue weighted by Gasteiger charge is -2.32. The maximum absolute atomic E-state index is 11.9. The molecule has 0 spiro atoms. The van der Waals surface area contributed by atoms with Crippen LogP contribution in [-0.4, -0.2) is 48.0 Å². The lowest BCUT2D eigenvalue weighted by atomic mass is 10.0. The summed E-state index contributed by atoms with van der Waals surface area (Å²) in [5, 5.41) is 17.4. The Kier molecular flexibility index (Phi) is 6.49. The molecule has 3 rings (SSSR count). The summed E-state index contributed by atoms with van der Waals surface area (Å²) in [4.78, 5) is 18.4. The van der Waals surface area contributed by atoms with Gasteiger partial charge in [0.25, 0.3) is 0 Å². The van der Waals surface area contributed by atoms with Gasteiger partial charge in [0.05, 0.1) is 23.3 Å². The zero-order chi connectivity index (χ0) is 19.2. The summed E-state index contributed by atoms with van der Waals surface area (Å²) in [6.07, 6.45) is 4.38. The van der Waals surface area contributed by atoms with Crippen LogP contribution < -0.4 is 10.6 Å². The van der Waals surface area contributed by atoms with Crippen LogP contribution in [0.3, 0.4) is 0 Å². The van der Waals surface area contributed by atoms with E-state index in [1.165, 1.54) is 0 Å². The van der Waals surface area contributed by atoms with E-state index in [4.69, 9.17) is 11.6 Å². The van der Waals surface area contributed by atoms with Gasteiger partial charge in [0.2, 0.25) is 5.91 Å². The Hall–Kier alpha value is -2.36. The van der Waals surface area contributed by atoms with Gasteiger partial charge in [-0.15, -0.1) is 0 Å². The molecule has 2 N–H and O–H groups in total. The van der Waals surface area contributed by atoms with Crippen molar-refractivity contribution in [3.8, 4) is 6.07 Å². The summed E-state index contributed by atoms with van der Waals surface area (Å²) < 4.78 is 0. The van der Waals surface area contributed by atoms with Crippen molar-refractivity contribution in [2.75, 3.05) is 31.5 Å². The van der Waals surface area contributed by atoms with Crippen LogP contribution in [0.15, 0.2) is 24.4 Å².